The number of halogens is 1. The van der Waals surface area contributed by atoms with Crippen molar-refractivity contribution in [3.05, 3.63) is 71.5 Å². The zero-order valence-corrected chi connectivity index (χ0v) is 15.2. The van der Waals surface area contributed by atoms with Gasteiger partial charge in [0.05, 0.1) is 15.6 Å². The molecule has 1 saturated heterocycles. The normalized spacial score (nSPS) is 26.4. The molecular formula is C20H24FNO3S. The number of benzene rings is 2. The van der Waals surface area contributed by atoms with Crippen LogP contribution in [0.1, 0.15) is 28.9 Å². The second-order valence-electron chi connectivity index (χ2n) is 6.40. The van der Waals surface area contributed by atoms with Crippen LogP contribution in [-0.2, 0) is 20.8 Å². The van der Waals surface area contributed by atoms with Crippen molar-refractivity contribution in [3.63, 3.8) is 0 Å². The van der Waals surface area contributed by atoms with E-state index in [1.54, 1.807) is 0 Å². The van der Waals surface area contributed by atoms with Gasteiger partial charge in [0.1, 0.15) is 5.82 Å². The fraction of sp³-hybridized carbons (Fsp3) is 0.400. The quantitative estimate of drug-likeness (QED) is 0.720. The first-order valence-electron chi connectivity index (χ1n) is 10.3. The smallest absolute Gasteiger partial charge is 0.264 e. The van der Waals surface area contributed by atoms with Gasteiger partial charge in [0.15, 0.2) is 0 Å². The molecule has 0 N–H and O–H groups in total. The van der Waals surface area contributed by atoms with Gasteiger partial charge in [-0.3, -0.25) is 9.08 Å². The first kappa shape index (κ1) is 14.3. The zero-order valence-electron chi connectivity index (χ0n) is 18.4. The van der Waals surface area contributed by atoms with Crippen molar-refractivity contribution >= 4 is 10.1 Å². The van der Waals surface area contributed by atoms with Gasteiger partial charge in [0, 0.05) is 21.7 Å². The Morgan fingerprint density at radius 1 is 1.23 bits per heavy atom. The van der Waals surface area contributed by atoms with Gasteiger partial charge in [-0.2, -0.15) is 8.42 Å². The highest BCUT2D eigenvalue weighted by Crippen LogP contribution is 2.34. The summed E-state index contributed by atoms with van der Waals surface area (Å²) in [7, 11) is -4.10. The van der Waals surface area contributed by atoms with Crippen LogP contribution in [0.15, 0.2) is 54.6 Å². The number of nitrogens with zero attached hydrogens (tertiary/aromatic N) is 1. The van der Waals surface area contributed by atoms with Crippen LogP contribution in [0.2, 0.25) is 0 Å². The fourth-order valence-electron chi connectivity index (χ4n) is 3.05. The van der Waals surface area contributed by atoms with E-state index in [9.17, 15) is 12.8 Å². The summed E-state index contributed by atoms with van der Waals surface area (Å²) < 4.78 is 75.4. The largest absolute Gasteiger partial charge is 0.299 e. The van der Waals surface area contributed by atoms with Crippen LogP contribution in [0, 0.1) is 11.7 Å². The summed E-state index contributed by atoms with van der Waals surface area (Å²) in [5, 5.41) is 0. The lowest BCUT2D eigenvalue weighted by Crippen LogP contribution is -2.41. The first-order chi connectivity index (χ1) is 13.9. The molecule has 4 nitrogen and oxygen atoms in total. The maximum atomic E-state index is 13.4. The lowest BCUT2D eigenvalue weighted by atomic mass is 9.81. The second-order valence-corrected chi connectivity index (χ2v) is 7.97. The molecule has 0 radical (unpaired) electrons. The Hall–Kier alpha value is -1.76. The van der Waals surface area contributed by atoms with Crippen LogP contribution in [0.4, 0.5) is 4.39 Å². The summed E-state index contributed by atoms with van der Waals surface area (Å²) in [6, 6.07) is 14.6. The highest BCUT2D eigenvalue weighted by atomic mass is 32.2. The van der Waals surface area contributed by atoms with E-state index in [2.05, 4.69) is 0 Å². The van der Waals surface area contributed by atoms with E-state index in [4.69, 9.17) is 9.67 Å². The Morgan fingerprint density at radius 2 is 1.92 bits per heavy atom. The molecule has 140 valence electrons. The van der Waals surface area contributed by atoms with Crippen LogP contribution in [-0.4, -0.2) is 39.2 Å². The Bertz CT molecular complexity index is 971. The Labute approximate surface area is 160 Å². The van der Waals surface area contributed by atoms with Crippen molar-refractivity contribution in [1.29, 1.82) is 0 Å². The van der Waals surface area contributed by atoms with E-state index < -0.39 is 40.8 Å². The molecule has 0 spiro atoms. The summed E-state index contributed by atoms with van der Waals surface area (Å²) >= 11 is 0. The minimum absolute atomic E-state index is 0.0769. The molecule has 0 bridgehead atoms. The van der Waals surface area contributed by atoms with Gasteiger partial charge in [-0.25, -0.2) is 4.39 Å². The predicted molar refractivity (Wildman–Crippen MR) is 99.8 cm³/mol. The molecule has 2 atom stereocenters. The monoisotopic (exact) mass is 381 g/mol. The van der Waals surface area contributed by atoms with Crippen molar-refractivity contribution in [2.45, 2.75) is 18.9 Å². The molecule has 0 amide bonds. The SMILES string of the molecule is [2H]C([2H])(OS(C)(=O)=O)[C@H]1CN(Cc2ccccc2)C([2H])([2H])C[C@@H]1c1ccc(F)cc1. The van der Waals surface area contributed by atoms with E-state index >= 15 is 0 Å². The minimum Gasteiger partial charge on any atom is -0.299 e. The zero-order chi connectivity index (χ0) is 22.2. The molecule has 26 heavy (non-hydrogen) atoms. The van der Waals surface area contributed by atoms with E-state index in [1.807, 2.05) is 30.3 Å². The van der Waals surface area contributed by atoms with Gasteiger partial charge in [-0.1, -0.05) is 42.5 Å². The van der Waals surface area contributed by atoms with Crippen LogP contribution >= 0.6 is 0 Å². The molecule has 0 saturated carbocycles. The lowest BCUT2D eigenvalue weighted by molar-refractivity contribution is 0.109. The van der Waals surface area contributed by atoms with Crippen molar-refractivity contribution in [2.75, 3.05) is 25.9 Å². The van der Waals surface area contributed by atoms with Crippen LogP contribution < -0.4 is 0 Å². The maximum Gasteiger partial charge on any atom is 0.264 e. The molecule has 3 rings (SSSR count). The van der Waals surface area contributed by atoms with Gasteiger partial charge >= 0.3 is 0 Å². The molecule has 0 aliphatic carbocycles. The third kappa shape index (κ3) is 5.37. The Balaban J connectivity index is 1.98. The molecule has 0 unspecified atom stereocenters. The molecule has 1 aliphatic heterocycles. The van der Waals surface area contributed by atoms with Crippen molar-refractivity contribution < 1.29 is 22.5 Å². The molecular weight excluding hydrogens is 353 g/mol. The van der Waals surface area contributed by atoms with Gasteiger partial charge in [0.25, 0.3) is 10.1 Å². The summed E-state index contributed by atoms with van der Waals surface area (Å²) in [6.45, 7) is -4.20. The second kappa shape index (κ2) is 8.29. The average Bonchev–Trinajstić information content (AvgIpc) is 2.62. The molecule has 1 heterocycles. The highest BCUT2D eigenvalue weighted by molar-refractivity contribution is 7.85. The molecule has 6 heteroatoms. The van der Waals surface area contributed by atoms with Crippen LogP contribution in [0.25, 0.3) is 0 Å². The standard InChI is InChI=1S/C20H24FNO3S/c1-26(23,24)25-15-18-14-22(13-16-5-3-2-4-6-16)12-11-20(18)17-7-9-19(21)10-8-17/h2-10,18,20H,11-15H2,1H3/t18-,20-/m1/s1/i12D2,15D2. The Morgan fingerprint density at radius 3 is 2.58 bits per heavy atom. The third-order valence-electron chi connectivity index (χ3n) is 4.30. The summed E-state index contributed by atoms with van der Waals surface area (Å²) in [5.41, 5.74) is 1.38. The summed E-state index contributed by atoms with van der Waals surface area (Å²) in [4.78, 5) is 1.50. The van der Waals surface area contributed by atoms with Gasteiger partial charge in [0.2, 0.25) is 0 Å². The molecule has 1 fully saturated rings. The third-order valence-corrected chi connectivity index (χ3v) is 4.70. The number of rotatable bonds is 6. The van der Waals surface area contributed by atoms with E-state index in [1.165, 1.54) is 29.2 Å². The Kier molecular flexibility index (Phi) is 4.56. The van der Waals surface area contributed by atoms with Gasteiger partial charge in [-0.15, -0.1) is 0 Å². The highest BCUT2D eigenvalue weighted by Gasteiger charge is 2.31. The summed E-state index contributed by atoms with van der Waals surface area (Å²) in [5.74, 6) is -2.16. The fourth-order valence-corrected chi connectivity index (χ4v) is 3.35. The lowest BCUT2D eigenvalue weighted by Gasteiger charge is -2.38. The molecule has 2 aromatic rings. The average molecular weight is 382 g/mol. The van der Waals surface area contributed by atoms with Crippen molar-refractivity contribution in [2.24, 2.45) is 5.92 Å². The van der Waals surface area contributed by atoms with Crippen LogP contribution in [0.5, 0.6) is 0 Å². The molecule has 2 aromatic carbocycles. The van der Waals surface area contributed by atoms with Gasteiger partial charge in [-0.05, 0) is 42.1 Å². The van der Waals surface area contributed by atoms with Crippen LogP contribution in [0.3, 0.4) is 0 Å². The number of piperidine rings is 1. The minimum atomic E-state index is -4.10. The molecule has 0 aromatic heterocycles. The topological polar surface area (TPSA) is 46.6 Å². The van der Waals surface area contributed by atoms with E-state index in [0.29, 0.717) is 5.56 Å². The summed E-state index contributed by atoms with van der Waals surface area (Å²) in [6.07, 6.45) is 0.685. The number of likely N-dealkylation sites (tertiary alicyclic amines) is 1. The van der Waals surface area contributed by atoms with E-state index in [-0.39, 0.29) is 19.5 Å². The number of hydrogen-bond acceptors (Lipinski definition) is 4. The predicted octanol–water partition coefficient (Wildman–Crippen LogP) is 3.41. The maximum absolute atomic E-state index is 13.4. The van der Waals surface area contributed by atoms with Gasteiger partial charge < -0.3 is 0 Å². The first-order valence-corrected chi connectivity index (χ1v) is 10.1. The van der Waals surface area contributed by atoms with Crippen molar-refractivity contribution in [1.82, 2.24) is 4.90 Å². The van der Waals surface area contributed by atoms with E-state index in [0.717, 1.165) is 11.8 Å². The van der Waals surface area contributed by atoms with Crippen molar-refractivity contribution in [3.8, 4) is 0 Å². The molecule has 1 aliphatic rings. The number of hydrogen-bond donors (Lipinski definition) is 0.